The third-order valence-corrected chi connectivity index (χ3v) is 4.30. The van der Waals surface area contributed by atoms with Crippen LogP contribution in [0.1, 0.15) is 19.4 Å². The molecule has 0 radical (unpaired) electrons. The first-order chi connectivity index (χ1) is 11.2. The Morgan fingerprint density at radius 1 is 1.04 bits per heavy atom. The Labute approximate surface area is 135 Å². The smallest absolute Gasteiger partial charge is 0.200 e. The second-order valence-electron chi connectivity index (χ2n) is 5.51. The molecule has 0 unspecified atom stereocenters. The maximum absolute atomic E-state index is 12.8. The maximum Gasteiger partial charge on any atom is 0.200 e. The lowest BCUT2D eigenvalue weighted by atomic mass is 10.1. The van der Waals surface area contributed by atoms with Crippen LogP contribution >= 0.6 is 0 Å². The van der Waals surface area contributed by atoms with Gasteiger partial charge in [-0.2, -0.15) is 0 Å². The molecule has 2 aromatic carbocycles. The Bertz CT molecular complexity index is 894. The van der Waals surface area contributed by atoms with Gasteiger partial charge in [-0.05, 0) is 37.4 Å². The van der Waals surface area contributed by atoms with Crippen LogP contribution in [0.2, 0.25) is 0 Å². The van der Waals surface area contributed by atoms with Crippen molar-refractivity contribution in [3.63, 3.8) is 0 Å². The fourth-order valence-electron chi connectivity index (χ4n) is 2.92. The molecule has 120 valence electrons. The summed E-state index contributed by atoms with van der Waals surface area (Å²) in [5.41, 5.74) is 2.17. The molecule has 4 heteroatoms. The van der Waals surface area contributed by atoms with Crippen molar-refractivity contribution in [2.45, 2.75) is 20.4 Å². The molecule has 0 spiro atoms. The van der Waals surface area contributed by atoms with Crippen molar-refractivity contribution in [2.24, 2.45) is 0 Å². The third kappa shape index (κ3) is 2.70. The van der Waals surface area contributed by atoms with Gasteiger partial charge >= 0.3 is 0 Å². The van der Waals surface area contributed by atoms with Crippen molar-refractivity contribution in [1.82, 2.24) is 4.90 Å². The first-order valence-electron chi connectivity index (χ1n) is 7.93. The Hall–Kier alpha value is -2.33. The maximum atomic E-state index is 12.8. The van der Waals surface area contributed by atoms with Gasteiger partial charge in [-0.1, -0.05) is 26.0 Å². The van der Waals surface area contributed by atoms with E-state index in [1.807, 2.05) is 24.3 Å². The molecular formula is C19H21NO3. The molecule has 0 N–H and O–H groups in total. The lowest BCUT2D eigenvalue weighted by Gasteiger charge is -2.20. The summed E-state index contributed by atoms with van der Waals surface area (Å²) in [7, 11) is 1.64. The molecule has 0 saturated heterocycles. The van der Waals surface area contributed by atoms with Crippen LogP contribution in [-0.2, 0) is 6.54 Å². The van der Waals surface area contributed by atoms with Crippen molar-refractivity contribution in [2.75, 3.05) is 20.2 Å². The summed E-state index contributed by atoms with van der Waals surface area (Å²) in [5.74, 6) is 0.753. The van der Waals surface area contributed by atoms with E-state index < -0.39 is 0 Å². The van der Waals surface area contributed by atoms with Gasteiger partial charge in [0.05, 0.1) is 23.4 Å². The van der Waals surface area contributed by atoms with Crippen molar-refractivity contribution in [3.05, 3.63) is 52.2 Å². The number of fused-ring (bicyclic) bond motifs is 2. The van der Waals surface area contributed by atoms with Gasteiger partial charge in [0.15, 0.2) is 0 Å². The van der Waals surface area contributed by atoms with Crippen molar-refractivity contribution in [1.29, 1.82) is 0 Å². The SMILES string of the molecule is CCN(CC)Cc1c(OC)ccc2c(=O)c3ccccc3oc12. The summed E-state index contributed by atoms with van der Waals surface area (Å²) in [5, 5.41) is 1.21. The normalized spacial score (nSPS) is 11.5. The van der Waals surface area contributed by atoms with Crippen LogP contribution < -0.4 is 10.2 Å². The summed E-state index contributed by atoms with van der Waals surface area (Å²) < 4.78 is 11.6. The molecule has 1 aromatic heterocycles. The van der Waals surface area contributed by atoms with Gasteiger partial charge in [-0.25, -0.2) is 0 Å². The van der Waals surface area contributed by atoms with Crippen LogP contribution in [0.4, 0.5) is 0 Å². The van der Waals surface area contributed by atoms with E-state index in [2.05, 4.69) is 18.7 Å². The zero-order valence-electron chi connectivity index (χ0n) is 13.8. The Balaban J connectivity index is 2.33. The predicted molar refractivity (Wildman–Crippen MR) is 93.2 cm³/mol. The number of para-hydroxylation sites is 1. The van der Waals surface area contributed by atoms with Gasteiger partial charge in [0.2, 0.25) is 5.43 Å². The third-order valence-electron chi connectivity index (χ3n) is 4.30. The van der Waals surface area contributed by atoms with E-state index in [9.17, 15) is 4.79 Å². The van der Waals surface area contributed by atoms with E-state index >= 15 is 0 Å². The van der Waals surface area contributed by atoms with Crippen molar-refractivity contribution >= 4 is 21.9 Å². The molecule has 0 amide bonds. The second kappa shape index (κ2) is 6.42. The summed E-state index contributed by atoms with van der Waals surface area (Å²) >= 11 is 0. The van der Waals surface area contributed by atoms with E-state index in [1.165, 1.54) is 0 Å². The molecule has 23 heavy (non-hydrogen) atoms. The van der Waals surface area contributed by atoms with Crippen LogP contribution in [0.15, 0.2) is 45.6 Å². The molecule has 3 aromatic rings. The number of ether oxygens (including phenoxy) is 1. The van der Waals surface area contributed by atoms with Crippen molar-refractivity contribution < 1.29 is 9.15 Å². The number of methoxy groups -OCH3 is 1. The van der Waals surface area contributed by atoms with Gasteiger partial charge in [-0.3, -0.25) is 9.69 Å². The number of nitrogens with zero attached hydrogens (tertiary/aromatic N) is 1. The summed E-state index contributed by atoms with van der Waals surface area (Å²) in [6.45, 7) is 6.77. The fourth-order valence-corrected chi connectivity index (χ4v) is 2.92. The number of rotatable bonds is 5. The van der Waals surface area contributed by atoms with E-state index in [0.29, 0.717) is 28.5 Å². The first kappa shape index (κ1) is 15.6. The van der Waals surface area contributed by atoms with E-state index in [0.717, 1.165) is 24.4 Å². The highest BCUT2D eigenvalue weighted by atomic mass is 16.5. The average Bonchev–Trinajstić information content (AvgIpc) is 2.60. The zero-order chi connectivity index (χ0) is 16.4. The standard InChI is InChI=1S/C19H21NO3/c1-4-20(5-2)12-15-16(22-3)11-10-14-18(21)13-8-6-7-9-17(13)23-19(14)15/h6-11H,4-5,12H2,1-3H3. The highest BCUT2D eigenvalue weighted by molar-refractivity contribution is 5.92. The first-order valence-corrected chi connectivity index (χ1v) is 7.93. The highest BCUT2D eigenvalue weighted by Crippen LogP contribution is 2.30. The number of hydrogen-bond donors (Lipinski definition) is 0. The molecule has 1 heterocycles. The minimum Gasteiger partial charge on any atom is -0.496 e. The molecule has 0 aliphatic rings. The van der Waals surface area contributed by atoms with Crippen LogP contribution in [0.5, 0.6) is 5.75 Å². The quantitative estimate of drug-likeness (QED) is 0.672. The van der Waals surface area contributed by atoms with Crippen molar-refractivity contribution in [3.8, 4) is 5.75 Å². The van der Waals surface area contributed by atoms with Crippen LogP contribution in [-0.4, -0.2) is 25.1 Å². The van der Waals surface area contributed by atoms with Gasteiger partial charge in [-0.15, -0.1) is 0 Å². The summed E-state index contributed by atoms with van der Waals surface area (Å²) in [6, 6.07) is 11.0. The molecule has 0 atom stereocenters. The lowest BCUT2D eigenvalue weighted by molar-refractivity contribution is 0.289. The second-order valence-corrected chi connectivity index (χ2v) is 5.51. The van der Waals surface area contributed by atoms with Crippen LogP contribution in [0.3, 0.4) is 0 Å². The van der Waals surface area contributed by atoms with Gasteiger partial charge in [0.1, 0.15) is 16.9 Å². The largest absolute Gasteiger partial charge is 0.496 e. The molecular weight excluding hydrogens is 290 g/mol. The molecule has 3 rings (SSSR count). The minimum absolute atomic E-state index is 0.00491. The summed E-state index contributed by atoms with van der Waals surface area (Å²) in [4.78, 5) is 15.0. The molecule has 0 bridgehead atoms. The Morgan fingerprint density at radius 3 is 2.48 bits per heavy atom. The molecule has 0 aliphatic carbocycles. The van der Waals surface area contributed by atoms with Crippen LogP contribution in [0, 0.1) is 0 Å². The average molecular weight is 311 g/mol. The molecule has 0 aliphatic heterocycles. The van der Waals surface area contributed by atoms with E-state index in [-0.39, 0.29) is 5.43 Å². The zero-order valence-corrected chi connectivity index (χ0v) is 13.8. The van der Waals surface area contributed by atoms with Gasteiger partial charge in [0.25, 0.3) is 0 Å². The van der Waals surface area contributed by atoms with E-state index in [1.54, 1.807) is 19.2 Å². The highest BCUT2D eigenvalue weighted by Gasteiger charge is 2.16. The number of hydrogen-bond acceptors (Lipinski definition) is 4. The summed E-state index contributed by atoms with van der Waals surface area (Å²) in [6.07, 6.45) is 0. The Morgan fingerprint density at radius 2 is 1.78 bits per heavy atom. The van der Waals surface area contributed by atoms with Gasteiger partial charge < -0.3 is 9.15 Å². The predicted octanol–water partition coefficient (Wildman–Crippen LogP) is 3.80. The van der Waals surface area contributed by atoms with Gasteiger partial charge in [0, 0.05) is 6.54 Å². The minimum atomic E-state index is 0.00491. The topological polar surface area (TPSA) is 42.7 Å². The lowest BCUT2D eigenvalue weighted by Crippen LogP contribution is -2.22. The van der Waals surface area contributed by atoms with Crippen LogP contribution in [0.25, 0.3) is 21.9 Å². The monoisotopic (exact) mass is 311 g/mol. The molecule has 0 saturated carbocycles. The Kier molecular flexibility index (Phi) is 4.35. The fraction of sp³-hybridized carbons (Fsp3) is 0.316. The molecule has 0 fully saturated rings. The van der Waals surface area contributed by atoms with E-state index in [4.69, 9.17) is 9.15 Å². The molecule has 4 nitrogen and oxygen atoms in total. The number of benzene rings is 2.